The highest BCUT2D eigenvalue weighted by atomic mass is 35.5. The van der Waals surface area contributed by atoms with E-state index in [1.54, 1.807) is 41.5 Å². The third-order valence-electron chi connectivity index (χ3n) is 5.56. The summed E-state index contributed by atoms with van der Waals surface area (Å²) in [5.41, 5.74) is 3.41. The molecule has 0 spiro atoms. The van der Waals surface area contributed by atoms with Crippen LogP contribution in [0.2, 0.25) is 5.02 Å². The molecule has 1 aromatic heterocycles. The average molecular weight is 435 g/mol. The lowest BCUT2D eigenvalue weighted by atomic mass is 9.88. The van der Waals surface area contributed by atoms with Gasteiger partial charge >= 0.3 is 0 Å². The maximum atomic E-state index is 13.8. The Bertz CT molecular complexity index is 1150. The predicted octanol–water partition coefficient (Wildman–Crippen LogP) is 6.39. The summed E-state index contributed by atoms with van der Waals surface area (Å²) < 4.78 is 5.75. The smallest absolute Gasteiger partial charge is 0.259 e. The number of furan rings is 1. The Morgan fingerprint density at radius 2 is 1.81 bits per heavy atom. The normalized spacial score (nSPS) is 17.8. The molecule has 0 saturated carbocycles. The van der Waals surface area contributed by atoms with E-state index in [4.69, 9.17) is 16.0 Å². The van der Waals surface area contributed by atoms with Crippen molar-refractivity contribution >= 4 is 34.7 Å². The number of fused-ring (bicyclic) bond motifs is 1. The van der Waals surface area contributed by atoms with Gasteiger partial charge in [0.05, 0.1) is 17.6 Å². The van der Waals surface area contributed by atoms with Gasteiger partial charge in [-0.25, -0.2) is 0 Å². The lowest BCUT2D eigenvalue weighted by Crippen LogP contribution is -2.37. The molecule has 6 heteroatoms. The quantitative estimate of drug-likeness (QED) is 0.507. The maximum Gasteiger partial charge on any atom is 0.259 e. The van der Waals surface area contributed by atoms with E-state index >= 15 is 0 Å². The van der Waals surface area contributed by atoms with Gasteiger partial charge in [-0.1, -0.05) is 31.2 Å². The summed E-state index contributed by atoms with van der Waals surface area (Å²) in [5.74, 6) is 0.361. The first-order valence-electron chi connectivity index (χ1n) is 9.88. The molecular formula is C25H23ClN2O3. The van der Waals surface area contributed by atoms with Crippen molar-refractivity contribution in [2.75, 3.05) is 10.2 Å². The number of allylic oxidation sites excluding steroid dienone is 1. The molecule has 0 fully saturated rings. The van der Waals surface area contributed by atoms with Gasteiger partial charge in [0, 0.05) is 28.3 Å². The van der Waals surface area contributed by atoms with Crippen molar-refractivity contribution in [3.63, 3.8) is 0 Å². The fourth-order valence-corrected chi connectivity index (χ4v) is 4.33. The highest BCUT2D eigenvalue weighted by Gasteiger charge is 2.41. The summed E-state index contributed by atoms with van der Waals surface area (Å²) in [6, 6.07) is 17.3. The molecule has 5 rings (SSSR count). The minimum absolute atomic E-state index is 0. The standard InChI is InChI=1S/C24H19ClN2O3.CH4/c25-16-12-10-15(11-13-16)24(29)27-19-7-2-1-5-17(19)26-18-6-3-8-20(28)22(18)23(27)21-9-4-14-30-21;/h1-2,4-5,7,9-14,23,26H,3,6,8H2;1H4. The summed E-state index contributed by atoms with van der Waals surface area (Å²) in [7, 11) is 0. The zero-order chi connectivity index (χ0) is 20.7. The van der Waals surface area contributed by atoms with Crippen LogP contribution in [0, 0.1) is 0 Å². The highest BCUT2D eigenvalue weighted by Crippen LogP contribution is 2.45. The van der Waals surface area contributed by atoms with Gasteiger partial charge < -0.3 is 9.73 Å². The Hall–Kier alpha value is -3.31. The largest absolute Gasteiger partial charge is 0.467 e. The van der Waals surface area contributed by atoms with E-state index in [9.17, 15) is 9.59 Å². The van der Waals surface area contributed by atoms with E-state index in [0.29, 0.717) is 34.0 Å². The number of rotatable bonds is 2. The molecule has 1 amide bonds. The van der Waals surface area contributed by atoms with Crippen LogP contribution in [-0.2, 0) is 4.79 Å². The third kappa shape index (κ3) is 3.66. The van der Waals surface area contributed by atoms with Crippen LogP contribution in [-0.4, -0.2) is 11.7 Å². The Morgan fingerprint density at radius 1 is 1.03 bits per heavy atom. The second-order valence-electron chi connectivity index (χ2n) is 7.41. The van der Waals surface area contributed by atoms with Crippen LogP contribution in [0.3, 0.4) is 0 Å². The maximum absolute atomic E-state index is 13.8. The van der Waals surface area contributed by atoms with Crippen LogP contribution >= 0.6 is 11.6 Å². The fraction of sp³-hybridized carbons (Fsp3) is 0.200. The number of hydrogen-bond acceptors (Lipinski definition) is 4. The van der Waals surface area contributed by atoms with Crippen molar-refractivity contribution < 1.29 is 14.0 Å². The third-order valence-corrected chi connectivity index (χ3v) is 5.81. The van der Waals surface area contributed by atoms with E-state index in [0.717, 1.165) is 24.2 Å². The summed E-state index contributed by atoms with van der Waals surface area (Å²) in [5, 5.41) is 3.99. The van der Waals surface area contributed by atoms with Crippen LogP contribution in [0.25, 0.3) is 0 Å². The van der Waals surface area contributed by atoms with E-state index in [2.05, 4.69) is 5.32 Å². The van der Waals surface area contributed by atoms with Crippen LogP contribution in [0.4, 0.5) is 11.4 Å². The van der Waals surface area contributed by atoms with Gasteiger partial charge in [-0.05, 0) is 61.4 Å². The monoisotopic (exact) mass is 434 g/mol. The molecule has 2 aromatic carbocycles. The van der Waals surface area contributed by atoms with Gasteiger partial charge in [0.25, 0.3) is 5.91 Å². The lowest BCUT2D eigenvalue weighted by Gasteiger charge is -2.32. The first kappa shape index (κ1) is 20.9. The number of nitrogens with one attached hydrogen (secondary N) is 1. The SMILES string of the molecule is C.O=C1CCCC2=C1C(c1ccco1)N(C(=O)c1ccc(Cl)cc1)c1ccccc1N2. The molecule has 0 radical (unpaired) electrons. The Kier molecular flexibility index (Phi) is 5.70. The van der Waals surface area contributed by atoms with E-state index in [1.165, 1.54) is 0 Å². The van der Waals surface area contributed by atoms with E-state index < -0.39 is 6.04 Å². The Morgan fingerprint density at radius 3 is 2.55 bits per heavy atom. The molecule has 1 aliphatic carbocycles. The zero-order valence-electron chi connectivity index (χ0n) is 16.1. The van der Waals surface area contributed by atoms with Gasteiger partial charge in [-0.3, -0.25) is 14.5 Å². The molecule has 2 heterocycles. The molecule has 31 heavy (non-hydrogen) atoms. The van der Waals surface area contributed by atoms with Crippen molar-refractivity contribution in [3.05, 3.63) is 94.5 Å². The molecular weight excluding hydrogens is 412 g/mol. The lowest BCUT2D eigenvalue weighted by molar-refractivity contribution is -0.116. The number of halogens is 1. The van der Waals surface area contributed by atoms with Crippen LogP contribution in [0.15, 0.2) is 82.6 Å². The molecule has 1 aliphatic heterocycles. The van der Waals surface area contributed by atoms with E-state index in [1.807, 2.05) is 30.3 Å². The Balaban J connectivity index is 0.00000231. The minimum Gasteiger partial charge on any atom is -0.467 e. The highest BCUT2D eigenvalue weighted by molar-refractivity contribution is 6.30. The number of amides is 1. The molecule has 2 aliphatic rings. The van der Waals surface area contributed by atoms with Crippen molar-refractivity contribution in [1.29, 1.82) is 0 Å². The number of nitrogens with zero attached hydrogens (tertiary/aromatic N) is 1. The summed E-state index contributed by atoms with van der Waals surface area (Å²) in [6.45, 7) is 0. The molecule has 0 saturated heterocycles. The van der Waals surface area contributed by atoms with Gasteiger partial charge in [-0.15, -0.1) is 0 Å². The first-order chi connectivity index (χ1) is 14.6. The second-order valence-corrected chi connectivity index (χ2v) is 7.85. The summed E-state index contributed by atoms with van der Waals surface area (Å²) >= 11 is 6.03. The Labute approximate surface area is 186 Å². The van der Waals surface area contributed by atoms with Crippen LogP contribution in [0.5, 0.6) is 0 Å². The van der Waals surface area contributed by atoms with Crippen molar-refractivity contribution in [2.45, 2.75) is 32.7 Å². The fourth-order valence-electron chi connectivity index (χ4n) is 4.21. The topological polar surface area (TPSA) is 62.6 Å². The number of hydrogen-bond donors (Lipinski definition) is 1. The van der Waals surface area contributed by atoms with Crippen molar-refractivity contribution in [3.8, 4) is 0 Å². The number of carbonyl (C=O) groups is 2. The molecule has 1 N–H and O–H groups in total. The number of ketones is 1. The molecule has 1 unspecified atom stereocenters. The van der Waals surface area contributed by atoms with Gasteiger partial charge in [0.1, 0.15) is 11.8 Å². The number of carbonyl (C=O) groups excluding carboxylic acids is 2. The van der Waals surface area contributed by atoms with Crippen LogP contribution < -0.4 is 10.2 Å². The summed E-state index contributed by atoms with van der Waals surface area (Å²) in [6.07, 6.45) is 3.55. The summed E-state index contributed by atoms with van der Waals surface area (Å²) in [4.78, 5) is 28.5. The van der Waals surface area contributed by atoms with Gasteiger partial charge in [0.15, 0.2) is 5.78 Å². The van der Waals surface area contributed by atoms with Crippen LogP contribution in [0.1, 0.15) is 48.8 Å². The van der Waals surface area contributed by atoms with Crippen molar-refractivity contribution in [2.24, 2.45) is 0 Å². The van der Waals surface area contributed by atoms with Gasteiger partial charge in [-0.2, -0.15) is 0 Å². The molecule has 5 nitrogen and oxygen atoms in total. The molecule has 1 atom stereocenters. The molecule has 158 valence electrons. The first-order valence-corrected chi connectivity index (χ1v) is 10.3. The number of para-hydroxylation sites is 2. The average Bonchev–Trinajstić information content (AvgIpc) is 3.23. The minimum atomic E-state index is -0.651. The van der Waals surface area contributed by atoms with Crippen molar-refractivity contribution in [1.82, 2.24) is 0 Å². The second kappa shape index (κ2) is 8.44. The zero-order valence-corrected chi connectivity index (χ0v) is 16.9. The number of Topliss-reactive ketones (excluding diaryl/α,β-unsaturated/α-hetero) is 1. The molecule has 3 aromatic rings. The van der Waals surface area contributed by atoms with E-state index in [-0.39, 0.29) is 19.1 Å². The number of anilines is 2. The number of benzene rings is 2. The molecule has 0 bridgehead atoms. The van der Waals surface area contributed by atoms with Gasteiger partial charge in [0.2, 0.25) is 0 Å². The predicted molar refractivity (Wildman–Crippen MR) is 122 cm³/mol.